The molecule has 1 aliphatic heterocycles. The molecule has 0 spiro atoms. The van der Waals surface area contributed by atoms with Gasteiger partial charge < -0.3 is 19.1 Å². The Morgan fingerprint density at radius 2 is 2.00 bits per heavy atom. The normalized spacial score (nSPS) is 14.8. The first-order valence-corrected chi connectivity index (χ1v) is 7.11. The number of carbonyl (C=O) groups excluding carboxylic acids is 1. The number of carbonyl (C=O) groups is 1. The summed E-state index contributed by atoms with van der Waals surface area (Å²) in [5.74, 6) is -2.34. The summed E-state index contributed by atoms with van der Waals surface area (Å²) in [4.78, 5) is 17.5. The maximum Gasteiger partial charge on any atom is 0.575 e. The third-order valence-corrected chi connectivity index (χ3v) is 2.96. The van der Waals surface area contributed by atoms with Crippen molar-refractivity contribution in [3.8, 4) is 5.75 Å². The number of para-hydroxylation sites is 1. The Hall–Kier alpha value is -2.97. The first kappa shape index (κ1) is 18.4. The van der Waals surface area contributed by atoms with Crippen LogP contribution in [0.15, 0.2) is 59.1 Å². The summed E-state index contributed by atoms with van der Waals surface area (Å²) in [6.45, 7) is 0.419. The molecule has 134 valence electrons. The second kappa shape index (κ2) is 8.22. The second-order valence-corrected chi connectivity index (χ2v) is 4.79. The van der Waals surface area contributed by atoms with Crippen LogP contribution in [0.25, 0.3) is 0 Å². The molecule has 25 heavy (non-hydrogen) atoms. The van der Waals surface area contributed by atoms with Crippen LogP contribution in [0.2, 0.25) is 0 Å². The van der Waals surface area contributed by atoms with Crippen LogP contribution in [-0.4, -0.2) is 43.8 Å². The number of esters is 1. The van der Waals surface area contributed by atoms with Gasteiger partial charge in [0.2, 0.25) is 0 Å². The molecule has 1 aliphatic rings. The smallest absolute Gasteiger partial charge is 0.495 e. The maximum absolute atomic E-state index is 12.4. The molecule has 6 nitrogen and oxygen atoms in total. The Balaban J connectivity index is 2.30. The van der Waals surface area contributed by atoms with Crippen LogP contribution in [0.5, 0.6) is 5.75 Å². The molecule has 0 saturated carbocycles. The average molecular weight is 356 g/mol. The van der Waals surface area contributed by atoms with E-state index in [0.29, 0.717) is 6.54 Å². The molecule has 0 fully saturated rings. The lowest BCUT2D eigenvalue weighted by atomic mass is 10.3. The number of halogens is 3. The molecule has 2 rings (SSSR count). The summed E-state index contributed by atoms with van der Waals surface area (Å²) in [6.07, 6.45) is -0.365. The Morgan fingerprint density at radius 1 is 1.28 bits per heavy atom. The number of rotatable bonds is 6. The first-order chi connectivity index (χ1) is 11.9. The van der Waals surface area contributed by atoms with E-state index >= 15 is 0 Å². The van der Waals surface area contributed by atoms with Crippen molar-refractivity contribution in [2.24, 2.45) is 4.99 Å². The van der Waals surface area contributed by atoms with E-state index < -0.39 is 18.1 Å². The molecule has 9 heteroatoms. The van der Waals surface area contributed by atoms with Gasteiger partial charge in [0.15, 0.2) is 5.76 Å². The Kier molecular flexibility index (Phi) is 6.04. The lowest BCUT2D eigenvalue weighted by molar-refractivity contribution is -0.304. The number of hydrogen-bond acceptors (Lipinski definition) is 6. The minimum atomic E-state index is -5.14. The van der Waals surface area contributed by atoms with Gasteiger partial charge in [0.05, 0.1) is 20.0 Å². The van der Waals surface area contributed by atoms with E-state index in [-0.39, 0.29) is 18.1 Å². The molecule has 0 amide bonds. The summed E-state index contributed by atoms with van der Waals surface area (Å²) >= 11 is 0. The zero-order valence-electron chi connectivity index (χ0n) is 13.2. The number of methoxy groups -OCH3 is 1. The Labute approximate surface area is 141 Å². The van der Waals surface area contributed by atoms with Crippen molar-refractivity contribution in [1.82, 2.24) is 4.90 Å². The van der Waals surface area contributed by atoms with E-state index in [1.165, 1.54) is 25.6 Å². The highest BCUT2D eigenvalue weighted by molar-refractivity contribution is 5.87. The van der Waals surface area contributed by atoms with Crippen LogP contribution in [-0.2, 0) is 14.3 Å². The van der Waals surface area contributed by atoms with Crippen molar-refractivity contribution in [3.05, 3.63) is 54.1 Å². The molecule has 1 aromatic rings. The van der Waals surface area contributed by atoms with E-state index in [1.54, 1.807) is 35.4 Å². The van der Waals surface area contributed by atoms with Crippen LogP contribution < -0.4 is 4.74 Å². The van der Waals surface area contributed by atoms with Crippen molar-refractivity contribution in [2.75, 3.05) is 20.2 Å². The topological polar surface area (TPSA) is 60.4 Å². The minimum Gasteiger partial charge on any atom is -0.495 e. The lowest BCUT2D eigenvalue weighted by Crippen LogP contribution is -2.30. The third kappa shape index (κ3) is 5.87. The van der Waals surface area contributed by atoms with Crippen LogP contribution in [0.3, 0.4) is 0 Å². The van der Waals surface area contributed by atoms with Crippen LogP contribution in [0.4, 0.5) is 13.2 Å². The van der Waals surface area contributed by atoms with E-state index in [0.717, 1.165) is 0 Å². The zero-order valence-corrected chi connectivity index (χ0v) is 13.2. The molecular formula is C16H15F3N2O4. The van der Waals surface area contributed by atoms with Gasteiger partial charge in [-0.05, 0) is 18.2 Å². The zero-order chi connectivity index (χ0) is 18.3. The number of hydrogen-bond donors (Lipinski definition) is 0. The van der Waals surface area contributed by atoms with Gasteiger partial charge in [-0.1, -0.05) is 18.2 Å². The van der Waals surface area contributed by atoms with Crippen LogP contribution in [0.1, 0.15) is 0 Å². The van der Waals surface area contributed by atoms with E-state index in [4.69, 9.17) is 9.47 Å². The number of aliphatic imine (C=N–C) groups is 1. The highest BCUT2D eigenvalue weighted by Crippen LogP contribution is 2.23. The van der Waals surface area contributed by atoms with Crippen molar-refractivity contribution >= 4 is 12.3 Å². The minimum absolute atomic E-state index is 0.0283. The third-order valence-electron chi connectivity index (χ3n) is 2.96. The molecule has 0 atom stereocenters. The summed E-state index contributed by atoms with van der Waals surface area (Å²) in [5.41, 5.74) is 0. The van der Waals surface area contributed by atoms with Crippen LogP contribution >= 0.6 is 0 Å². The fourth-order valence-electron chi connectivity index (χ4n) is 1.91. The second-order valence-electron chi connectivity index (χ2n) is 4.79. The molecular weight excluding hydrogens is 341 g/mol. The van der Waals surface area contributed by atoms with E-state index in [9.17, 15) is 18.0 Å². The van der Waals surface area contributed by atoms with Crippen molar-refractivity contribution in [1.29, 1.82) is 0 Å². The number of nitrogens with zero attached hydrogens (tertiary/aromatic N) is 2. The lowest BCUT2D eigenvalue weighted by Gasteiger charge is -2.22. The highest BCUT2D eigenvalue weighted by Gasteiger charge is 2.37. The largest absolute Gasteiger partial charge is 0.575 e. The molecule has 0 radical (unpaired) electrons. The molecule has 1 aromatic carbocycles. The maximum atomic E-state index is 12.4. The predicted molar refractivity (Wildman–Crippen MR) is 82.5 cm³/mol. The van der Waals surface area contributed by atoms with Gasteiger partial charge in [0.1, 0.15) is 5.75 Å². The Morgan fingerprint density at radius 3 is 2.56 bits per heavy atom. The van der Waals surface area contributed by atoms with Crippen molar-refractivity contribution in [3.63, 3.8) is 0 Å². The average Bonchev–Trinajstić information content (AvgIpc) is 2.58. The van der Waals surface area contributed by atoms with Gasteiger partial charge in [-0.15, -0.1) is 13.2 Å². The molecule has 0 saturated heterocycles. The van der Waals surface area contributed by atoms with Gasteiger partial charge in [0.25, 0.3) is 5.76 Å². The molecule has 0 bridgehead atoms. The predicted octanol–water partition coefficient (Wildman–Crippen LogP) is 2.84. The van der Waals surface area contributed by atoms with Gasteiger partial charge in [-0.2, -0.15) is 0 Å². The first-order valence-electron chi connectivity index (χ1n) is 7.11. The summed E-state index contributed by atoms with van der Waals surface area (Å²) in [5, 5.41) is 0. The van der Waals surface area contributed by atoms with Crippen molar-refractivity contribution in [2.45, 2.75) is 6.36 Å². The quantitative estimate of drug-likeness (QED) is 0.446. The molecule has 0 aromatic heterocycles. The van der Waals surface area contributed by atoms with E-state index in [1.807, 2.05) is 0 Å². The van der Waals surface area contributed by atoms with Gasteiger partial charge in [0, 0.05) is 12.7 Å². The molecule has 0 unspecified atom stereocenters. The molecule has 1 heterocycles. The number of benzene rings is 1. The number of alkyl halides is 3. The standard InChI is InChI=1S/C16H15F3N2O4/c1-23-13(10-21-9-5-8-20-11-21)14(15(22)25-16(17,18)19)24-12-6-3-2-4-7-12/h2-8,11H,9-10H2,1H3. The number of ether oxygens (including phenoxy) is 3. The molecule has 0 aliphatic carbocycles. The monoisotopic (exact) mass is 356 g/mol. The van der Waals surface area contributed by atoms with Gasteiger partial charge in [-0.3, -0.25) is 0 Å². The van der Waals surface area contributed by atoms with Gasteiger partial charge >= 0.3 is 12.3 Å². The fourth-order valence-corrected chi connectivity index (χ4v) is 1.91. The van der Waals surface area contributed by atoms with E-state index in [2.05, 4.69) is 9.73 Å². The van der Waals surface area contributed by atoms with Gasteiger partial charge in [-0.25, -0.2) is 9.79 Å². The van der Waals surface area contributed by atoms with Crippen LogP contribution in [0, 0.1) is 0 Å². The Bertz CT molecular complexity index is 684. The fraction of sp³-hybridized carbons (Fsp3) is 0.250. The summed E-state index contributed by atoms with van der Waals surface area (Å²) in [6, 6.07) is 7.88. The SMILES string of the molecule is COC(CN1C=NC=CC1)=C(Oc1ccccc1)C(=O)OC(F)(F)F. The molecule has 0 N–H and O–H groups in total. The highest BCUT2D eigenvalue weighted by atomic mass is 19.4. The van der Waals surface area contributed by atoms with Crippen molar-refractivity contribution < 1.29 is 32.2 Å². The summed E-state index contributed by atoms with van der Waals surface area (Å²) in [7, 11) is 1.22. The summed E-state index contributed by atoms with van der Waals surface area (Å²) < 4.78 is 51.2.